The van der Waals surface area contributed by atoms with Crippen LogP contribution in [0, 0.1) is 11.8 Å². The molecule has 0 saturated carbocycles. The molecular weight excluding hydrogens is 446 g/mol. The highest BCUT2D eigenvalue weighted by atomic mass is 32.1. The number of nitrogens with one attached hydrogen (secondary N) is 2. The maximum absolute atomic E-state index is 13.2. The average Bonchev–Trinajstić information content (AvgIpc) is 3.30. The lowest BCUT2D eigenvalue weighted by atomic mass is 9.74. The van der Waals surface area contributed by atoms with E-state index in [1.807, 2.05) is 18.0 Å². The maximum Gasteiger partial charge on any atom is 0.317 e. The van der Waals surface area contributed by atoms with Crippen molar-refractivity contribution in [2.75, 3.05) is 40.4 Å². The smallest absolute Gasteiger partial charge is 0.317 e. The van der Waals surface area contributed by atoms with Crippen LogP contribution < -0.4 is 10.6 Å². The van der Waals surface area contributed by atoms with E-state index in [9.17, 15) is 9.90 Å². The molecule has 6 nitrogen and oxygen atoms in total. The summed E-state index contributed by atoms with van der Waals surface area (Å²) in [7, 11) is 3.64. The third kappa shape index (κ3) is 6.72. The molecular formula is C27H43N3O3S. The van der Waals surface area contributed by atoms with Crippen molar-refractivity contribution in [2.45, 2.75) is 64.0 Å². The van der Waals surface area contributed by atoms with Gasteiger partial charge in [-0.15, -0.1) is 11.3 Å². The number of likely N-dealkylation sites (N-methyl/N-ethyl adjacent to an activating group) is 1. The molecule has 0 bridgehead atoms. The number of benzene rings is 1. The molecule has 1 aromatic heterocycles. The van der Waals surface area contributed by atoms with Crippen LogP contribution in [0.25, 0.3) is 10.1 Å². The minimum absolute atomic E-state index is 0.00454. The zero-order valence-corrected chi connectivity index (χ0v) is 22.1. The lowest BCUT2D eigenvalue weighted by molar-refractivity contribution is -0.0551. The SMILES string of the molecule is CNCC(CC(C)C)NC(=O)N1CCCC(C(O)(CCCCOC)c2cccc3ccsc23)C1. The number of ether oxygens (including phenoxy) is 1. The van der Waals surface area contributed by atoms with Gasteiger partial charge in [-0.3, -0.25) is 0 Å². The van der Waals surface area contributed by atoms with E-state index in [1.54, 1.807) is 18.4 Å². The molecule has 3 rings (SSSR count). The first kappa shape index (κ1) is 26.9. The van der Waals surface area contributed by atoms with E-state index in [0.717, 1.165) is 55.5 Å². The molecule has 1 saturated heterocycles. The number of thiophene rings is 1. The van der Waals surface area contributed by atoms with Gasteiger partial charge in [-0.05, 0) is 68.3 Å². The number of hydrogen-bond acceptors (Lipinski definition) is 5. The molecule has 34 heavy (non-hydrogen) atoms. The summed E-state index contributed by atoms with van der Waals surface area (Å²) in [6, 6.07) is 8.45. The lowest BCUT2D eigenvalue weighted by Gasteiger charge is -2.43. The van der Waals surface area contributed by atoms with Gasteiger partial charge in [0, 0.05) is 55.6 Å². The number of urea groups is 1. The highest BCUT2D eigenvalue weighted by Gasteiger charge is 2.42. The van der Waals surface area contributed by atoms with Crippen molar-refractivity contribution in [1.82, 2.24) is 15.5 Å². The fourth-order valence-electron chi connectivity index (χ4n) is 5.36. The number of methoxy groups -OCH3 is 1. The number of piperidine rings is 1. The number of fused-ring (bicyclic) bond motifs is 1. The molecule has 0 aliphatic carbocycles. The average molecular weight is 490 g/mol. The Bertz CT molecular complexity index is 902. The van der Waals surface area contributed by atoms with Crippen LogP contribution in [0.1, 0.15) is 57.9 Å². The van der Waals surface area contributed by atoms with Crippen LogP contribution in [0.3, 0.4) is 0 Å². The molecule has 2 amide bonds. The quantitative estimate of drug-likeness (QED) is 0.368. The largest absolute Gasteiger partial charge is 0.385 e. The number of unbranched alkanes of at least 4 members (excludes halogenated alkanes) is 1. The molecule has 1 aromatic carbocycles. The molecule has 3 atom stereocenters. The van der Waals surface area contributed by atoms with Gasteiger partial charge in [0.1, 0.15) is 0 Å². The van der Waals surface area contributed by atoms with Gasteiger partial charge in [-0.1, -0.05) is 32.0 Å². The van der Waals surface area contributed by atoms with Crippen molar-refractivity contribution in [2.24, 2.45) is 11.8 Å². The molecule has 190 valence electrons. The Labute approximate surface area is 209 Å². The van der Waals surface area contributed by atoms with Gasteiger partial charge in [0.15, 0.2) is 0 Å². The molecule has 3 unspecified atom stereocenters. The number of rotatable bonds is 12. The predicted molar refractivity (Wildman–Crippen MR) is 141 cm³/mol. The normalized spacial score (nSPS) is 19.4. The molecule has 0 radical (unpaired) electrons. The van der Waals surface area contributed by atoms with E-state index in [-0.39, 0.29) is 18.0 Å². The zero-order chi connectivity index (χ0) is 24.6. The van der Waals surface area contributed by atoms with Crippen LogP contribution in [0.5, 0.6) is 0 Å². The summed E-state index contributed by atoms with van der Waals surface area (Å²) in [6.45, 7) is 7.12. The number of amides is 2. The summed E-state index contributed by atoms with van der Waals surface area (Å²) in [5.74, 6) is 0.506. The van der Waals surface area contributed by atoms with E-state index >= 15 is 0 Å². The third-order valence-electron chi connectivity index (χ3n) is 7.02. The first-order chi connectivity index (χ1) is 16.4. The Morgan fingerprint density at radius 2 is 2.15 bits per heavy atom. The fourth-order valence-corrected chi connectivity index (χ4v) is 6.35. The summed E-state index contributed by atoms with van der Waals surface area (Å²) < 4.78 is 6.41. The Morgan fingerprint density at radius 3 is 2.88 bits per heavy atom. The zero-order valence-electron chi connectivity index (χ0n) is 21.3. The van der Waals surface area contributed by atoms with E-state index in [2.05, 4.69) is 48.1 Å². The van der Waals surface area contributed by atoms with Gasteiger partial charge < -0.3 is 25.4 Å². The third-order valence-corrected chi connectivity index (χ3v) is 7.98. The van der Waals surface area contributed by atoms with E-state index < -0.39 is 5.60 Å². The standard InChI is InChI=1S/C27H43N3O3S/c1-20(2)17-23(18-28-3)29-26(31)30-14-8-10-22(19-30)27(32,13-5-6-15-33-4)24-11-7-9-21-12-16-34-25(21)24/h7,9,11-12,16,20,22-23,28,32H,5-6,8,10,13-15,17-19H2,1-4H3,(H,29,31). The molecule has 0 spiro atoms. The first-order valence-electron chi connectivity index (χ1n) is 12.8. The Hall–Kier alpha value is -1.67. The Kier molecular flexibility index (Phi) is 10.2. The molecule has 1 aliphatic heterocycles. The maximum atomic E-state index is 13.2. The summed E-state index contributed by atoms with van der Waals surface area (Å²) >= 11 is 1.69. The molecule has 3 N–H and O–H groups in total. The van der Waals surface area contributed by atoms with Crippen LogP contribution in [-0.4, -0.2) is 62.5 Å². The first-order valence-corrected chi connectivity index (χ1v) is 13.6. The van der Waals surface area contributed by atoms with Crippen LogP contribution in [-0.2, 0) is 10.3 Å². The van der Waals surface area contributed by atoms with Gasteiger partial charge in [0.05, 0.1) is 5.60 Å². The summed E-state index contributed by atoms with van der Waals surface area (Å²) in [4.78, 5) is 15.2. The van der Waals surface area contributed by atoms with Crippen molar-refractivity contribution in [1.29, 1.82) is 0 Å². The van der Waals surface area contributed by atoms with Crippen molar-refractivity contribution in [3.8, 4) is 0 Å². The Balaban J connectivity index is 1.80. The minimum atomic E-state index is -0.973. The summed E-state index contributed by atoms with van der Waals surface area (Å²) in [5.41, 5.74) is 0.0388. The fraction of sp³-hybridized carbons (Fsp3) is 0.667. The van der Waals surface area contributed by atoms with Crippen LogP contribution in [0.15, 0.2) is 29.6 Å². The van der Waals surface area contributed by atoms with Crippen molar-refractivity contribution >= 4 is 27.5 Å². The number of hydrogen-bond donors (Lipinski definition) is 3. The minimum Gasteiger partial charge on any atom is -0.385 e. The highest BCUT2D eigenvalue weighted by molar-refractivity contribution is 7.17. The molecule has 1 aliphatic rings. The van der Waals surface area contributed by atoms with Crippen LogP contribution in [0.2, 0.25) is 0 Å². The van der Waals surface area contributed by atoms with E-state index in [4.69, 9.17) is 4.74 Å². The van der Waals surface area contributed by atoms with E-state index in [0.29, 0.717) is 25.5 Å². The monoisotopic (exact) mass is 489 g/mol. The predicted octanol–water partition coefficient (Wildman–Crippen LogP) is 4.96. The second kappa shape index (κ2) is 12.9. The van der Waals surface area contributed by atoms with Crippen LogP contribution >= 0.6 is 11.3 Å². The molecule has 2 heterocycles. The van der Waals surface area contributed by atoms with Gasteiger partial charge in [-0.25, -0.2) is 4.79 Å². The number of aliphatic hydroxyl groups is 1. The second-order valence-electron chi connectivity index (χ2n) is 10.1. The van der Waals surface area contributed by atoms with Crippen molar-refractivity contribution < 1.29 is 14.6 Å². The van der Waals surface area contributed by atoms with Crippen LogP contribution in [0.4, 0.5) is 4.79 Å². The summed E-state index contributed by atoms with van der Waals surface area (Å²) in [5, 5.41) is 22.0. The van der Waals surface area contributed by atoms with Gasteiger partial charge in [0.2, 0.25) is 0 Å². The van der Waals surface area contributed by atoms with Crippen molar-refractivity contribution in [3.05, 3.63) is 35.2 Å². The molecule has 7 heteroatoms. The van der Waals surface area contributed by atoms with Gasteiger partial charge >= 0.3 is 6.03 Å². The molecule has 2 aromatic rings. The highest BCUT2D eigenvalue weighted by Crippen LogP contribution is 2.43. The Morgan fingerprint density at radius 1 is 1.32 bits per heavy atom. The second-order valence-corrected chi connectivity index (χ2v) is 11.1. The van der Waals surface area contributed by atoms with Gasteiger partial charge in [-0.2, -0.15) is 0 Å². The lowest BCUT2D eigenvalue weighted by Crippen LogP contribution is -2.53. The number of nitrogens with zero attached hydrogens (tertiary/aromatic N) is 1. The number of likely N-dealkylation sites (tertiary alicyclic amines) is 1. The number of carbonyl (C=O) groups is 1. The summed E-state index contributed by atoms with van der Waals surface area (Å²) in [6.07, 6.45) is 5.22. The molecule has 1 fully saturated rings. The topological polar surface area (TPSA) is 73.8 Å². The number of carbonyl (C=O) groups excluding carboxylic acids is 1. The van der Waals surface area contributed by atoms with Crippen molar-refractivity contribution in [3.63, 3.8) is 0 Å². The van der Waals surface area contributed by atoms with Gasteiger partial charge in [0.25, 0.3) is 0 Å². The van der Waals surface area contributed by atoms with E-state index in [1.165, 1.54) is 5.39 Å².